The maximum absolute atomic E-state index is 13.0. The van der Waals surface area contributed by atoms with Crippen LogP contribution < -0.4 is 5.43 Å². The second-order valence-electron chi connectivity index (χ2n) is 7.53. The van der Waals surface area contributed by atoms with Crippen molar-refractivity contribution >= 4 is 28.0 Å². The second-order valence-corrected chi connectivity index (χ2v) is 7.53. The zero-order chi connectivity index (χ0) is 20.1. The topological polar surface area (TPSA) is 83.9 Å². The van der Waals surface area contributed by atoms with E-state index < -0.39 is 0 Å². The molecule has 1 aliphatic heterocycles. The summed E-state index contributed by atoms with van der Waals surface area (Å²) in [5.41, 5.74) is 3.33. The van der Waals surface area contributed by atoms with Crippen molar-refractivity contribution in [1.29, 1.82) is 0 Å². The van der Waals surface area contributed by atoms with Crippen LogP contribution in [0, 0.1) is 6.92 Å². The highest BCUT2D eigenvalue weighted by Crippen LogP contribution is 2.28. The molecule has 7 nitrogen and oxygen atoms in total. The van der Waals surface area contributed by atoms with Crippen LogP contribution in [0.1, 0.15) is 34.7 Å². The summed E-state index contributed by atoms with van der Waals surface area (Å²) in [6.07, 6.45) is 1.65. The molecule has 4 heterocycles. The molecule has 4 aromatic rings. The first-order valence-corrected chi connectivity index (χ1v) is 9.80. The van der Waals surface area contributed by atoms with Crippen LogP contribution in [0.2, 0.25) is 0 Å². The SMILES string of the molecule is CCn1cc(C(=O)N2CC(c3nc4ccccc4[nH]3)C2)c(=O)c2ccc(C)nc21. The smallest absolute Gasteiger partial charge is 0.259 e. The van der Waals surface area contributed by atoms with Gasteiger partial charge in [0.15, 0.2) is 0 Å². The lowest BCUT2D eigenvalue weighted by Crippen LogP contribution is -2.50. The van der Waals surface area contributed by atoms with Crippen molar-refractivity contribution in [1.82, 2.24) is 24.4 Å². The van der Waals surface area contributed by atoms with Crippen LogP contribution in [-0.4, -0.2) is 43.4 Å². The minimum absolute atomic E-state index is 0.157. The highest BCUT2D eigenvalue weighted by molar-refractivity contribution is 5.97. The molecule has 0 unspecified atom stereocenters. The third kappa shape index (κ3) is 2.81. The molecule has 0 atom stereocenters. The number of pyridine rings is 2. The number of likely N-dealkylation sites (tertiary alicyclic amines) is 1. The Balaban J connectivity index is 1.43. The summed E-state index contributed by atoms with van der Waals surface area (Å²) in [5, 5.41) is 0.484. The van der Waals surface area contributed by atoms with Gasteiger partial charge in [-0.3, -0.25) is 9.59 Å². The second kappa shape index (κ2) is 6.55. The third-order valence-corrected chi connectivity index (χ3v) is 5.59. The van der Waals surface area contributed by atoms with Gasteiger partial charge in [0.25, 0.3) is 5.91 Å². The van der Waals surface area contributed by atoms with E-state index in [9.17, 15) is 9.59 Å². The van der Waals surface area contributed by atoms with Crippen LogP contribution in [0.3, 0.4) is 0 Å². The van der Waals surface area contributed by atoms with Crippen LogP contribution in [0.25, 0.3) is 22.1 Å². The third-order valence-electron chi connectivity index (χ3n) is 5.59. The fraction of sp³-hybridized carbons (Fsp3) is 0.273. The highest BCUT2D eigenvalue weighted by atomic mass is 16.2. The predicted molar refractivity (Wildman–Crippen MR) is 111 cm³/mol. The van der Waals surface area contributed by atoms with E-state index in [1.54, 1.807) is 23.2 Å². The lowest BCUT2D eigenvalue weighted by atomic mass is 9.98. The summed E-state index contributed by atoms with van der Waals surface area (Å²) >= 11 is 0. The van der Waals surface area contributed by atoms with Crippen LogP contribution >= 0.6 is 0 Å². The van der Waals surface area contributed by atoms with Crippen molar-refractivity contribution in [3.8, 4) is 0 Å². The molecule has 1 aliphatic rings. The normalized spacial score (nSPS) is 14.5. The van der Waals surface area contributed by atoms with E-state index in [1.807, 2.05) is 42.7 Å². The van der Waals surface area contributed by atoms with Crippen molar-refractivity contribution in [3.05, 3.63) is 69.9 Å². The van der Waals surface area contributed by atoms with Gasteiger partial charge in [-0.25, -0.2) is 9.97 Å². The molecule has 0 radical (unpaired) electrons. The molecule has 7 heteroatoms. The number of carbonyl (C=O) groups excluding carboxylic acids is 1. The Morgan fingerprint density at radius 1 is 1.17 bits per heavy atom. The Morgan fingerprint density at radius 2 is 1.97 bits per heavy atom. The number of imidazole rings is 1. The minimum Gasteiger partial charge on any atom is -0.342 e. The predicted octanol–water partition coefficient (Wildman–Crippen LogP) is 2.84. The van der Waals surface area contributed by atoms with Gasteiger partial charge in [-0.05, 0) is 38.1 Å². The largest absolute Gasteiger partial charge is 0.342 e. The van der Waals surface area contributed by atoms with Crippen molar-refractivity contribution in [2.75, 3.05) is 13.1 Å². The van der Waals surface area contributed by atoms with E-state index >= 15 is 0 Å². The highest BCUT2D eigenvalue weighted by Gasteiger charge is 2.35. The number of nitrogens with one attached hydrogen (secondary N) is 1. The van der Waals surface area contributed by atoms with Gasteiger partial charge in [-0.2, -0.15) is 0 Å². The van der Waals surface area contributed by atoms with Crippen LogP contribution in [0.4, 0.5) is 0 Å². The molecule has 3 aromatic heterocycles. The van der Waals surface area contributed by atoms with E-state index in [0.29, 0.717) is 30.7 Å². The Hall–Kier alpha value is -3.48. The molecule has 0 saturated carbocycles. The Morgan fingerprint density at radius 3 is 2.72 bits per heavy atom. The van der Waals surface area contributed by atoms with Crippen molar-refractivity contribution in [2.24, 2.45) is 0 Å². The van der Waals surface area contributed by atoms with Gasteiger partial charge in [0, 0.05) is 31.5 Å². The summed E-state index contributed by atoms with van der Waals surface area (Å²) in [4.78, 5) is 40.1. The number of aromatic nitrogens is 4. The fourth-order valence-corrected chi connectivity index (χ4v) is 3.91. The van der Waals surface area contributed by atoms with E-state index in [1.165, 1.54) is 0 Å². The van der Waals surface area contributed by atoms with Crippen LogP contribution in [0.15, 0.2) is 47.4 Å². The summed E-state index contributed by atoms with van der Waals surface area (Å²) < 4.78 is 1.87. The first kappa shape index (κ1) is 17.6. The molecular formula is C22H21N5O2. The van der Waals surface area contributed by atoms with Gasteiger partial charge in [0.05, 0.1) is 22.3 Å². The van der Waals surface area contributed by atoms with Crippen molar-refractivity contribution in [2.45, 2.75) is 26.3 Å². The number of hydrogen-bond donors (Lipinski definition) is 1. The molecule has 5 rings (SSSR count). The number of hydrogen-bond acceptors (Lipinski definition) is 4. The molecule has 0 spiro atoms. The van der Waals surface area contributed by atoms with Gasteiger partial charge >= 0.3 is 0 Å². The molecule has 0 aliphatic carbocycles. The van der Waals surface area contributed by atoms with Gasteiger partial charge in [0.1, 0.15) is 17.0 Å². The van der Waals surface area contributed by atoms with Gasteiger partial charge < -0.3 is 14.5 Å². The van der Waals surface area contributed by atoms with Gasteiger partial charge in [-0.15, -0.1) is 0 Å². The monoisotopic (exact) mass is 387 g/mol. The standard InChI is InChI=1S/C22H21N5O2/c1-3-26-12-16(19(28)15-9-8-13(2)23-21(15)26)22(29)27-10-14(11-27)20-24-17-6-4-5-7-18(17)25-20/h4-9,12,14H,3,10-11H2,1-2H3,(H,24,25). The lowest BCUT2D eigenvalue weighted by molar-refractivity contribution is 0.0594. The van der Waals surface area contributed by atoms with Crippen LogP contribution in [-0.2, 0) is 6.54 Å². The van der Waals surface area contributed by atoms with Gasteiger partial charge in [0.2, 0.25) is 5.43 Å². The Kier molecular flexibility index (Phi) is 3.97. The van der Waals surface area contributed by atoms with Crippen LogP contribution in [0.5, 0.6) is 0 Å². The number of benzene rings is 1. The van der Waals surface area contributed by atoms with Gasteiger partial charge in [-0.1, -0.05) is 12.1 Å². The summed E-state index contributed by atoms with van der Waals surface area (Å²) in [5.74, 6) is 0.816. The molecule has 29 heavy (non-hydrogen) atoms. The number of fused-ring (bicyclic) bond motifs is 2. The zero-order valence-corrected chi connectivity index (χ0v) is 16.3. The number of rotatable bonds is 3. The van der Waals surface area contributed by atoms with E-state index in [4.69, 9.17) is 0 Å². The number of aromatic amines is 1. The lowest BCUT2D eigenvalue weighted by Gasteiger charge is -2.38. The number of para-hydroxylation sites is 2. The fourth-order valence-electron chi connectivity index (χ4n) is 3.91. The first-order valence-electron chi connectivity index (χ1n) is 9.80. The number of H-pyrrole nitrogens is 1. The quantitative estimate of drug-likeness (QED) is 0.586. The Bertz CT molecular complexity index is 1280. The average Bonchev–Trinajstić information content (AvgIpc) is 3.10. The van der Waals surface area contributed by atoms with E-state index in [0.717, 1.165) is 22.6 Å². The zero-order valence-electron chi connectivity index (χ0n) is 16.3. The molecule has 1 N–H and O–H groups in total. The van der Waals surface area contributed by atoms with Crippen molar-refractivity contribution < 1.29 is 4.79 Å². The molecule has 1 fully saturated rings. The molecule has 146 valence electrons. The number of nitrogens with zero attached hydrogens (tertiary/aromatic N) is 4. The molecular weight excluding hydrogens is 366 g/mol. The van der Waals surface area contributed by atoms with Crippen molar-refractivity contribution in [3.63, 3.8) is 0 Å². The minimum atomic E-state index is -0.255. The van der Waals surface area contributed by atoms with E-state index in [2.05, 4.69) is 15.0 Å². The summed E-state index contributed by atoms with van der Waals surface area (Å²) in [6.45, 7) is 5.60. The first-order chi connectivity index (χ1) is 14.0. The molecule has 1 saturated heterocycles. The number of aryl methyl sites for hydroxylation is 2. The average molecular weight is 387 g/mol. The number of carbonyl (C=O) groups is 1. The summed E-state index contributed by atoms with van der Waals surface area (Å²) in [7, 11) is 0. The number of amides is 1. The summed E-state index contributed by atoms with van der Waals surface area (Å²) in [6, 6.07) is 11.4. The molecule has 0 bridgehead atoms. The maximum atomic E-state index is 13.0. The Labute approximate surface area is 167 Å². The molecule has 1 amide bonds. The molecule has 1 aromatic carbocycles. The van der Waals surface area contributed by atoms with E-state index in [-0.39, 0.29) is 22.8 Å². The maximum Gasteiger partial charge on any atom is 0.259 e.